The van der Waals surface area contributed by atoms with E-state index in [0.717, 1.165) is 24.2 Å². The number of benzene rings is 1. The second kappa shape index (κ2) is 4.58. The Morgan fingerprint density at radius 2 is 2.00 bits per heavy atom. The van der Waals surface area contributed by atoms with E-state index in [1.54, 1.807) is 0 Å². The Hall–Kier alpha value is -1.61. The second-order valence-corrected chi connectivity index (χ2v) is 4.95. The van der Waals surface area contributed by atoms with Gasteiger partial charge in [-0.2, -0.15) is 0 Å². The van der Waals surface area contributed by atoms with Crippen LogP contribution in [0.4, 0.5) is 0 Å². The van der Waals surface area contributed by atoms with E-state index in [4.69, 9.17) is 0 Å². The number of likely N-dealkylation sites (tertiary alicyclic amines) is 1. The van der Waals surface area contributed by atoms with Crippen LogP contribution in [0.2, 0.25) is 0 Å². The van der Waals surface area contributed by atoms with Gasteiger partial charge in [-0.1, -0.05) is 24.3 Å². The molecule has 0 aliphatic carbocycles. The van der Waals surface area contributed by atoms with E-state index in [1.807, 2.05) is 29.2 Å². The Bertz CT molecular complexity index is 477. The third-order valence-electron chi connectivity index (χ3n) is 3.84. The Balaban J connectivity index is 2.01. The van der Waals surface area contributed by atoms with Gasteiger partial charge in [-0.3, -0.25) is 9.69 Å². The molecule has 1 atom stereocenters. The summed E-state index contributed by atoms with van der Waals surface area (Å²) in [7, 11) is 0. The van der Waals surface area contributed by atoms with E-state index in [0.29, 0.717) is 6.54 Å². The molecule has 18 heavy (non-hydrogen) atoms. The largest absolute Gasteiger partial charge is 0.315 e. The van der Waals surface area contributed by atoms with Crippen LogP contribution in [0.25, 0.3) is 0 Å². The van der Waals surface area contributed by atoms with Crippen LogP contribution in [-0.2, 0) is 0 Å². The van der Waals surface area contributed by atoms with Crippen LogP contribution in [0.3, 0.4) is 0 Å². The molecule has 2 aliphatic rings. The van der Waals surface area contributed by atoms with Gasteiger partial charge in [0.1, 0.15) is 6.17 Å². The molecule has 3 heteroatoms. The van der Waals surface area contributed by atoms with Crippen molar-refractivity contribution in [1.82, 2.24) is 9.80 Å². The van der Waals surface area contributed by atoms with Crippen LogP contribution in [-0.4, -0.2) is 35.3 Å². The van der Waals surface area contributed by atoms with Crippen molar-refractivity contribution in [1.29, 1.82) is 0 Å². The summed E-state index contributed by atoms with van der Waals surface area (Å²) >= 11 is 0. The highest BCUT2D eigenvalue weighted by atomic mass is 16.2. The molecule has 1 aromatic rings. The van der Waals surface area contributed by atoms with Crippen LogP contribution in [0.1, 0.15) is 34.9 Å². The van der Waals surface area contributed by atoms with Gasteiger partial charge in [-0.25, -0.2) is 0 Å². The maximum absolute atomic E-state index is 12.4. The number of nitrogens with zero attached hydrogens (tertiary/aromatic N) is 2. The first-order valence-electron chi connectivity index (χ1n) is 6.58. The first-order valence-corrected chi connectivity index (χ1v) is 6.58. The summed E-state index contributed by atoms with van der Waals surface area (Å²) in [6.07, 6.45) is 4.39. The van der Waals surface area contributed by atoms with E-state index in [1.165, 1.54) is 12.8 Å². The molecule has 0 N–H and O–H groups in total. The molecule has 94 valence electrons. The van der Waals surface area contributed by atoms with Crippen molar-refractivity contribution in [3.8, 4) is 0 Å². The quantitative estimate of drug-likeness (QED) is 0.760. The molecular formula is C15H18N2O. The van der Waals surface area contributed by atoms with E-state index in [2.05, 4.69) is 17.5 Å². The summed E-state index contributed by atoms with van der Waals surface area (Å²) in [5, 5.41) is 0. The summed E-state index contributed by atoms with van der Waals surface area (Å²) < 4.78 is 0. The molecule has 1 unspecified atom stereocenters. The average Bonchev–Trinajstić information content (AvgIpc) is 2.99. The van der Waals surface area contributed by atoms with Gasteiger partial charge in [-0.05, 0) is 18.9 Å². The van der Waals surface area contributed by atoms with E-state index >= 15 is 0 Å². The van der Waals surface area contributed by atoms with Gasteiger partial charge < -0.3 is 4.90 Å². The number of hydrogen-bond acceptors (Lipinski definition) is 2. The van der Waals surface area contributed by atoms with E-state index in [-0.39, 0.29) is 12.1 Å². The van der Waals surface area contributed by atoms with Gasteiger partial charge in [0, 0.05) is 30.8 Å². The van der Waals surface area contributed by atoms with Crippen molar-refractivity contribution in [3.63, 3.8) is 0 Å². The first kappa shape index (κ1) is 11.5. The topological polar surface area (TPSA) is 23.6 Å². The molecule has 1 amide bonds. The van der Waals surface area contributed by atoms with Crippen LogP contribution >= 0.6 is 0 Å². The third kappa shape index (κ3) is 1.66. The second-order valence-electron chi connectivity index (χ2n) is 4.95. The minimum absolute atomic E-state index is 0.120. The standard InChI is InChI=1S/C15H18N2O/c1-2-9-17-14(16-10-5-6-11-16)12-7-3-4-8-13(12)15(17)18/h2-4,7-8,14H,1,5-6,9-11H2. The van der Waals surface area contributed by atoms with E-state index < -0.39 is 0 Å². The lowest BCUT2D eigenvalue weighted by Gasteiger charge is -2.32. The van der Waals surface area contributed by atoms with E-state index in [9.17, 15) is 4.79 Å². The summed E-state index contributed by atoms with van der Waals surface area (Å²) in [5.41, 5.74) is 2.02. The van der Waals surface area contributed by atoms with Gasteiger partial charge in [0.05, 0.1) is 0 Å². The molecule has 0 bridgehead atoms. The lowest BCUT2D eigenvalue weighted by Crippen LogP contribution is -2.38. The highest BCUT2D eigenvalue weighted by molar-refractivity contribution is 5.99. The number of hydrogen-bond donors (Lipinski definition) is 0. The Kier molecular flexibility index (Phi) is 2.92. The van der Waals surface area contributed by atoms with Crippen LogP contribution in [0.15, 0.2) is 36.9 Å². The van der Waals surface area contributed by atoms with Crippen molar-refractivity contribution in [2.24, 2.45) is 0 Å². The summed E-state index contributed by atoms with van der Waals surface area (Å²) in [6, 6.07) is 7.98. The fourth-order valence-corrected chi connectivity index (χ4v) is 3.05. The Morgan fingerprint density at radius 1 is 1.28 bits per heavy atom. The maximum atomic E-state index is 12.4. The number of amides is 1. The average molecular weight is 242 g/mol. The van der Waals surface area contributed by atoms with Crippen LogP contribution in [0.5, 0.6) is 0 Å². The third-order valence-corrected chi connectivity index (χ3v) is 3.84. The number of carbonyl (C=O) groups is 1. The zero-order valence-corrected chi connectivity index (χ0v) is 10.5. The molecule has 0 saturated carbocycles. The van der Waals surface area contributed by atoms with Gasteiger partial charge >= 0.3 is 0 Å². The number of fused-ring (bicyclic) bond motifs is 1. The molecule has 0 aromatic heterocycles. The smallest absolute Gasteiger partial charge is 0.256 e. The highest BCUT2D eigenvalue weighted by Crippen LogP contribution is 2.37. The molecule has 3 rings (SSSR count). The van der Waals surface area contributed by atoms with Crippen molar-refractivity contribution < 1.29 is 4.79 Å². The van der Waals surface area contributed by atoms with Gasteiger partial charge in [0.25, 0.3) is 5.91 Å². The zero-order chi connectivity index (χ0) is 12.5. The molecule has 0 radical (unpaired) electrons. The van der Waals surface area contributed by atoms with Gasteiger partial charge in [0.2, 0.25) is 0 Å². The molecule has 2 aliphatic heterocycles. The fraction of sp³-hybridized carbons (Fsp3) is 0.400. The molecule has 1 aromatic carbocycles. The molecule has 1 fully saturated rings. The maximum Gasteiger partial charge on any atom is 0.256 e. The fourth-order valence-electron chi connectivity index (χ4n) is 3.05. The SMILES string of the molecule is C=CCN1C(=O)c2ccccc2C1N1CCCC1. The summed E-state index contributed by atoms with van der Waals surface area (Å²) in [6.45, 7) is 6.56. The number of carbonyl (C=O) groups excluding carboxylic acids is 1. The lowest BCUT2D eigenvalue weighted by atomic mass is 10.1. The molecule has 1 saturated heterocycles. The molecule has 3 nitrogen and oxygen atoms in total. The van der Waals surface area contributed by atoms with Gasteiger partial charge in [-0.15, -0.1) is 6.58 Å². The number of rotatable bonds is 3. The molecule has 0 spiro atoms. The lowest BCUT2D eigenvalue weighted by molar-refractivity contribution is 0.0515. The molecular weight excluding hydrogens is 224 g/mol. The summed E-state index contributed by atoms with van der Waals surface area (Å²) in [5.74, 6) is 0.141. The van der Waals surface area contributed by atoms with Crippen molar-refractivity contribution in [2.45, 2.75) is 19.0 Å². The Labute approximate surface area is 108 Å². The van der Waals surface area contributed by atoms with Crippen LogP contribution < -0.4 is 0 Å². The highest BCUT2D eigenvalue weighted by Gasteiger charge is 2.39. The molecule has 2 heterocycles. The van der Waals surface area contributed by atoms with Crippen molar-refractivity contribution >= 4 is 5.91 Å². The monoisotopic (exact) mass is 242 g/mol. The van der Waals surface area contributed by atoms with Crippen molar-refractivity contribution in [3.05, 3.63) is 48.0 Å². The predicted octanol–water partition coefficient (Wildman–Crippen LogP) is 2.42. The zero-order valence-electron chi connectivity index (χ0n) is 10.5. The normalized spacial score (nSPS) is 23.4. The predicted molar refractivity (Wildman–Crippen MR) is 71.2 cm³/mol. The van der Waals surface area contributed by atoms with Gasteiger partial charge in [0.15, 0.2) is 0 Å². The Morgan fingerprint density at radius 3 is 2.72 bits per heavy atom. The minimum atomic E-state index is 0.120. The van der Waals surface area contributed by atoms with Crippen molar-refractivity contribution in [2.75, 3.05) is 19.6 Å². The minimum Gasteiger partial charge on any atom is -0.315 e. The first-order chi connectivity index (χ1) is 8.83. The van der Waals surface area contributed by atoms with Crippen LogP contribution in [0, 0.1) is 0 Å². The summed E-state index contributed by atoms with van der Waals surface area (Å²) in [4.78, 5) is 16.7.